The summed E-state index contributed by atoms with van der Waals surface area (Å²) < 4.78 is 27.2. The number of carbonyl (C=O) groups is 2. The van der Waals surface area contributed by atoms with Crippen LogP contribution in [0.15, 0.2) is 52.6 Å². The fourth-order valence-electron chi connectivity index (χ4n) is 4.19. The number of hydrogen-bond acceptors (Lipinski definition) is 9. The quantitative estimate of drug-likeness (QED) is 0.254. The Morgan fingerprint density at radius 2 is 1.68 bits per heavy atom. The zero-order chi connectivity index (χ0) is 26.7. The Morgan fingerprint density at radius 1 is 1.03 bits per heavy atom. The van der Waals surface area contributed by atoms with Crippen molar-refractivity contribution in [3.63, 3.8) is 0 Å². The third-order valence-electron chi connectivity index (χ3n) is 5.91. The van der Waals surface area contributed by atoms with E-state index in [4.69, 9.17) is 23.5 Å². The van der Waals surface area contributed by atoms with Gasteiger partial charge in [0.2, 0.25) is 5.75 Å². The van der Waals surface area contributed by atoms with E-state index in [1.165, 1.54) is 32.3 Å². The van der Waals surface area contributed by atoms with E-state index in [0.717, 1.165) is 6.42 Å². The summed E-state index contributed by atoms with van der Waals surface area (Å²) in [6.45, 7) is 4.22. The summed E-state index contributed by atoms with van der Waals surface area (Å²) >= 11 is 0. The molecule has 0 saturated carbocycles. The van der Waals surface area contributed by atoms with Crippen LogP contribution < -0.4 is 23.8 Å². The molecule has 1 aliphatic rings. The van der Waals surface area contributed by atoms with Gasteiger partial charge < -0.3 is 28.6 Å². The number of hydrogen-bond donors (Lipinski definition) is 1. The lowest BCUT2D eigenvalue weighted by atomic mass is 9.94. The third kappa shape index (κ3) is 4.69. The second kappa shape index (κ2) is 10.7. The first-order valence-corrected chi connectivity index (χ1v) is 11.6. The second-order valence-corrected chi connectivity index (χ2v) is 8.30. The van der Waals surface area contributed by atoms with Crippen LogP contribution in [-0.2, 0) is 9.59 Å². The van der Waals surface area contributed by atoms with Crippen molar-refractivity contribution in [2.24, 2.45) is 0 Å². The summed E-state index contributed by atoms with van der Waals surface area (Å²) in [7, 11) is 4.39. The maximum absolute atomic E-state index is 13.4. The number of amides is 1. The molecular weight excluding hydrogens is 480 g/mol. The molecule has 1 amide bonds. The first-order valence-electron chi connectivity index (χ1n) is 11.6. The van der Waals surface area contributed by atoms with Gasteiger partial charge in [0, 0.05) is 11.6 Å². The van der Waals surface area contributed by atoms with E-state index in [-0.39, 0.29) is 17.2 Å². The molecule has 0 spiro atoms. The smallest absolute Gasteiger partial charge is 0.301 e. The number of anilines is 1. The van der Waals surface area contributed by atoms with Crippen LogP contribution in [0.1, 0.15) is 36.3 Å². The summed E-state index contributed by atoms with van der Waals surface area (Å²) in [5.74, 6) is 0.0849. The molecule has 2 aromatic carbocycles. The molecule has 10 heteroatoms. The molecule has 4 rings (SSSR count). The summed E-state index contributed by atoms with van der Waals surface area (Å²) in [6, 6.07) is 10.3. The van der Waals surface area contributed by atoms with Crippen LogP contribution in [0.3, 0.4) is 0 Å². The Kier molecular flexibility index (Phi) is 7.37. The number of aliphatic hydroxyl groups excluding tert-OH is 1. The van der Waals surface area contributed by atoms with Crippen LogP contribution >= 0.6 is 0 Å². The van der Waals surface area contributed by atoms with E-state index < -0.39 is 17.7 Å². The molecule has 10 nitrogen and oxygen atoms in total. The van der Waals surface area contributed by atoms with Crippen LogP contribution in [-0.4, -0.2) is 49.9 Å². The molecule has 0 bridgehead atoms. The van der Waals surface area contributed by atoms with Crippen molar-refractivity contribution in [1.29, 1.82) is 0 Å². The van der Waals surface area contributed by atoms with E-state index in [1.807, 2.05) is 6.92 Å². The van der Waals surface area contributed by atoms with Crippen molar-refractivity contribution in [1.82, 2.24) is 5.16 Å². The normalized spacial score (nSPS) is 16.7. The van der Waals surface area contributed by atoms with Gasteiger partial charge in [-0.1, -0.05) is 12.1 Å². The topological polar surface area (TPSA) is 121 Å². The number of aromatic nitrogens is 1. The zero-order valence-electron chi connectivity index (χ0n) is 21.2. The van der Waals surface area contributed by atoms with E-state index >= 15 is 0 Å². The predicted molar refractivity (Wildman–Crippen MR) is 134 cm³/mol. The largest absolute Gasteiger partial charge is 0.507 e. The summed E-state index contributed by atoms with van der Waals surface area (Å²) in [5, 5.41) is 15.3. The van der Waals surface area contributed by atoms with Crippen LogP contribution in [0.4, 0.5) is 5.82 Å². The van der Waals surface area contributed by atoms with Crippen molar-refractivity contribution >= 4 is 23.3 Å². The highest BCUT2D eigenvalue weighted by Gasteiger charge is 2.48. The molecule has 194 valence electrons. The lowest BCUT2D eigenvalue weighted by Crippen LogP contribution is -2.29. The Hall–Kier alpha value is -4.47. The van der Waals surface area contributed by atoms with Crippen molar-refractivity contribution in [3.05, 3.63) is 64.9 Å². The fraction of sp³-hybridized carbons (Fsp3) is 0.296. The Balaban J connectivity index is 1.92. The number of methoxy groups -OCH3 is 3. The minimum atomic E-state index is -1.06. The first-order chi connectivity index (χ1) is 17.8. The Bertz CT molecular complexity index is 1320. The predicted octanol–water partition coefficient (Wildman–Crippen LogP) is 4.42. The lowest BCUT2D eigenvalue weighted by Gasteiger charge is -2.24. The molecule has 0 aliphatic carbocycles. The van der Waals surface area contributed by atoms with Crippen LogP contribution in [0, 0.1) is 6.92 Å². The van der Waals surface area contributed by atoms with Crippen molar-refractivity contribution in [2.45, 2.75) is 26.3 Å². The monoisotopic (exact) mass is 508 g/mol. The van der Waals surface area contributed by atoms with Crippen LogP contribution in [0.25, 0.3) is 5.76 Å². The van der Waals surface area contributed by atoms with Gasteiger partial charge in [0.15, 0.2) is 17.3 Å². The summed E-state index contributed by atoms with van der Waals surface area (Å²) in [6.07, 6.45) is 0.849. The first kappa shape index (κ1) is 25.6. The minimum absolute atomic E-state index is 0.123. The number of carbonyl (C=O) groups excluding carboxylic acids is 2. The average molecular weight is 509 g/mol. The number of Topliss-reactive ketones (excluding diaryl/α,β-unsaturated/α-hetero) is 1. The molecule has 1 atom stereocenters. The summed E-state index contributed by atoms with van der Waals surface area (Å²) in [5.41, 5.74) is 0.650. The molecule has 1 aromatic heterocycles. The average Bonchev–Trinajstić information content (AvgIpc) is 3.46. The number of aliphatic hydroxyl groups is 1. The molecule has 0 radical (unpaired) electrons. The molecule has 1 saturated heterocycles. The third-order valence-corrected chi connectivity index (χ3v) is 5.91. The fourth-order valence-corrected chi connectivity index (χ4v) is 4.19. The minimum Gasteiger partial charge on any atom is -0.507 e. The molecule has 1 fully saturated rings. The highest BCUT2D eigenvalue weighted by molar-refractivity contribution is 6.51. The standard InChI is InChI=1S/C27H28N2O8/c1-6-11-36-18-9-7-16(8-10-18)24(30)22-23(17-13-19(33-3)26(35-5)20(14-17)34-4)29(27(32)25(22)31)21-12-15(2)37-28-21/h7-10,12-14,23,30H,6,11H2,1-5H3/t23-/m0/s1. The van der Waals surface area contributed by atoms with Crippen molar-refractivity contribution < 1.29 is 38.2 Å². The van der Waals surface area contributed by atoms with Gasteiger partial charge in [-0.2, -0.15) is 0 Å². The van der Waals surface area contributed by atoms with Gasteiger partial charge in [-0.25, -0.2) is 0 Å². The maximum Gasteiger partial charge on any atom is 0.301 e. The number of benzene rings is 2. The molecular formula is C27H28N2O8. The molecule has 2 heterocycles. The molecule has 1 N–H and O–H groups in total. The number of aryl methyl sites for hydroxylation is 1. The number of ether oxygens (including phenoxy) is 4. The molecule has 3 aromatic rings. The van der Waals surface area contributed by atoms with Crippen molar-refractivity contribution in [3.8, 4) is 23.0 Å². The van der Waals surface area contributed by atoms with Crippen LogP contribution in [0.2, 0.25) is 0 Å². The maximum atomic E-state index is 13.4. The molecule has 0 unspecified atom stereocenters. The zero-order valence-corrected chi connectivity index (χ0v) is 21.2. The van der Waals surface area contributed by atoms with Gasteiger partial charge in [-0.15, -0.1) is 0 Å². The highest BCUT2D eigenvalue weighted by Crippen LogP contribution is 2.47. The second-order valence-electron chi connectivity index (χ2n) is 8.30. The van der Waals surface area contributed by atoms with Crippen molar-refractivity contribution in [2.75, 3.05) is 32.8 Å². The van der Waals surface area contributed by atoms with Crippen LogP contribution in [0.5, 0.6) is 23.0 Å². The Morgan fingerprint density at radius 3 is 2.19 bits per heavy atom. The van der Waals surface area contributed by atoms with Gasteiger partial charge in [0.05, 0.1) is 39.6 Å². The van der Waals surface area contributed by atoms with E-state index in [9.17, 15) is 14.7 Å². The van der Waals surface area contributed by atoms with Gasteiger partial charge in [-0.05, 0) is 55.3 Å². The SMILES string of the molecule is CCCOc1ccc(C(O)=C2C(=O)C(=O)N(c3cc(C)on3)[C@H]2c2cc(OC)c(OC)c(OC)c2)cc1. The van der Waals surface area contributed by atoms with Gasteiger partial charge in [0.1, 0.15) is 17.3 Å². The van der Waals surface area contributed by atoms with Gasteiger partial charge in [0.25, 0.3) is 5.78 Å². The highest BCUT2D eigenvalue weighted by atomic mass is 16.5. The number of rotatable bonds is 9. The van der Waals surface area contributed by atoms with Gasteiger partial charge >= 0.3 is 5.91 Å². The van der Waals surface area contributed by atoms with E-state index in [1.54, 1.807) is 43.3 Å². The molecule has 1 aliphatic heterocycles. The Labute approximate surface area is 214 Å². The van der Waals surface area contributed by atoms with E-state index in [0.29, 0.717) is 46.5 Å². The lowest BCUT2D eigenvalue weighted by molar-refractivity contribution is -0.132. The van der Waals surface area contributed by atoms with E-state index in [2.05, 4.69) is 5.16 Å². The summed E-state index contributed by atoms with van der Waals surface area (Å²) in [4.78, 5) is 27.8. The number of ketones is 1. The molecule has 37 heavy (non-hydrogen) atoms. The van der Waals surface area contributed by atoms with Gasteiger partial charge in [-0.3, -0.25) is 14.5 Å². The number of nitrogens with zero attached hydrogens (tertiary/aromatic N) is 2.